The number of aliphatic carboxylic acids is 1. The number of fused-ring (bicyclic) bond motifs is 1. The highest BCUT2D eigenvalue weighted by atomic mass is 32.2. The van der Waals surface area contributed by atoms with Crippen LogP contribution in [0.25, 0.3) is 0 Å². The topological polar surface area (TPSA) is 72.2 Å². The molecule has 7 heteroatoms. The summed E-state index contributed by atoms with van der Waals surface area (Å²) in [6, 6.07) is 6.09. The Labute approximate surface area is 142 Å². The van der Waals surface area contributed by atoms with E-state index in [1.807, 2.05) is 0 Å². The molecule has 1 aromatic heterocycles. The first kappa shape index (κ1) is 16.7. The molecule has 0 fully saturated rings. The number of carboxylic acids is 1. The number of benzene rings is 1. The van der Waals surface area contributed by atoms with Crippen LogP contribution in [0.1, 0.15) is 29.7 Å². The van der Waals surface area contributed by atoms with Crippen LogP contribution < -0.4 is 5.56 Å². The van der Waals surface area contributed by atoms with E-state index in [-0.39, 0.29) is 17.9 Å². The number of carbonyl (C=O) groups is 1. The van der Waals surface area contributed by atoms with Crippen molar-refractivity contribution in [3.63, 3.8) is 0 Å². The number of hydrogen-bond donors (Lipinski definition) is 1. The van der Waals surface area contributed by atoms with Crippen LogP contribution in [0.3, 0.4) is 0 Å². The SMILES string of the molecule is O=C(O)Cn1c(SCc2ccc(F)cc2)nc(=O)c2c1CCCC2. The molecule has 2 aromatic rings. The Morgan fingerprint density at radius 1 is 1.25 bits per heavy atom. The van der Waals surface area contributed by atoms with Crippen molar-refractivity contribution in [1.29, 1.82) is 0 Å². The molecule has 1 aliphatic carbocycles. The molecule has 0 spiro atoms. The molecule has 1 N–H and O–H groups in total. The minimum atomic E-state index is -0.961. The molecule has 0 atom stereocenters. The van der Waals surface area contributed by atoms with Gasteiger partial charge in [-0.3, -0.25) is 9.59 Å². The van der Waals surface area contributed by atoms with Crippen LogP contribution in [0.15, 0.2) is 34.2 Å². The average molecular weight is 348 g/mol. The first-order valence-electron chi connectivity index (χ1n) is 7.76. The van der Waals surface area contributed by atoms with E-state index in [2.05, 4.69) is 4.98 Å². The van der Waals surface area contributed by atoms with Gasteiger partial charge in [0.1, 0.15) is 12.4 Å². The Morgan fingerprint density at radius 2 is 1.96 bits per heavy atom. The van der Waals surface area contributed by atoms with Gasteiger partial charge in [0, 0.05) is 17.0 Å². The minimum Gasteiger partial charge on any atom is -0.480 e. The average Bonchev–Trinajstić information content (AvgIpc) is 2.57. The van der Waals surface area contributed by atoms with Gasteiger partial charge in [0.2, 0.25) is 0 Å². The number of thioether (sulfide) groups is 1. The first-order chi connectivity index (χ1) is 11.5. The van der Waals surface area contributed by atoms with Crippen molar-refractivity contribution in [1.82, 2.24) is 9.55 Å². The molecule has 24 heavy (non-hydrogen) atoms. The van der Waals surface area contributed by atoms with Crippen molar-refractivity contribution >= 4 is 17.7 Å². The second-order valence-corrected chi connectivity index (χ2v) is 6.67. The van der Waals surface area contributed by atoms with E-state index in [1.165, 1.54) is 23.9 Å². The number of hydrogen-bond acceptors (Lipinski definition) is 4. The minimum absolute atomic E-state index is 0.207. The highest BCUT2D eigenvalue weighted by Gasteiger charge is 2.21. The van der Waals surface area contributed by atoms with Gasteiger partial charge in [0.25, 0.3) is 5.56 Å². The molecular formula is C17H17FN2O3S. The van der Waals surface area contributed by atoms with Gasteiger partial charge >= 0.3 is 5.97 Å². The van der Waals surface area contributed by atoms with Gasteiger partial charge in [0.15, 0.2) is 5.16 Å². The standard InChI is InChI=1S/C17H17FN2O3S/c18-12-7-5-11(6-8-12)10-24-17-19-16(23)13-3-1-2-4-14(13)20(17)9-15(21)22/h5-8H,1-4,9-10H2,(H,21,22). The van der Waals surface area contributed by atoms with Gasteiger partial charge in [-0.05, 0) is 43.4 Å². The molecule has 0 bridgehead atoms. The molecule has 1 aromatic carbocycles. The lowest BCUT2D eigenvalue weighted by Gasteiger charge is -2.22. The van der Waals surface area contributed by atoms with E-state index in [0.717, 1.165) is 24.1 Å². The summed E-state index contributed by atoms with van der Waals surface area (Å²) in [5.74, 6) is -0.777. The van der Waals surface area contributed by atoms with Crippen LogP contribution >= 0.6 is 11.8 Å². The van der Waals surface area contributed by atoms with Crippen LogP contribution in [-0.4, -0.2) is 20.6 Å². The summed E-state index contributed by atoms with van der Waals surface area (Å²) in [5, 5.41) is 9.61. The fraction of sp³-hybridized carbons (Fsp3) is 0.353. The number of carboxylic acid groups (broad SMARTS) is 1. The van der Waals surface area contributed by atoms with Crippen molar-refractivity contribution in [3.8, 4) is 0 Å². The normalized spacial score (nSPS) is 13.5. The molecule has 0 saturated heterocycles. The lowest BCUT2D eigenvalue weighted by molar-refractivity contribution is -0.137. The van der Waals surface area contributed by atoms with Crippen LogP contribution in [0.4, 0.5) is 4.39 Å². The highest BCUT2D eigenvalue weighted by Crippen LogP contribution is 2.25. The predicted molar refractivity (Wildman–Crippen MR) is 88.7 cm³/mol. The van der Waals surface area contributed by atoms with E-state index < -0.39 is 5.97 Å². The molecule has 126 valence electrons. The summed E-state index contributed by atoms with van der Waals surface area (Å²) >= 11 is 1.30. The lowest BCUT2D eigenvalue weighted by Crippen LogP contribution is -2.28. The maximum Gasteiger partial charge on any atom is 0.323 e. The maximum atomic E-state index is 13.0. The summed E-state index contributed by atoms with van der Waals surface area (Å²) in [4.78, 5) is 27.6. The molecule has 0 unspecified atom stereocenters. The fourth-order valence-electron chi connectivity index (χ4n) is 2.88. The molecular weight excluding hydrogens is 331 g/mol. The van der Waals surface area contributed by atoms with Gasteiger partial charge in [-0.1, -0.05) is 23.9 Å². The van der Waals surface area contributed by atoms with E-state index >= 15 is 0 Å². The quantitative estimate of drug-likeness (QED) is 0.664. The number of aromatic nitrogens is 2. The van der Waals surface area contributed by atoms with Crippen molar-refractivity contribution in [2.24, 2.45) is 0 Å². The Morgan fingerprint density at radius 3 is 2.67 bits per heavy atom. The van der Waals surface area contributed by atoms with E-state index in [0.29, 0.717) is 29.3 Å². The smallest absolute Gasteiger partial charge is 0.323 e. The second kappa shape index (κ2) is 7.17. The third kappa shape index (κ3) is 3.67. The second-order valence-electron chi connectivity index (χ2n) is 5.73. The number of nitrogens with zero attached hydrogens (tertiary/aromatic N) is 2. The lowest BCUT2D eigenvalue weighted by atomic mass is 9.97. The van der Waals surface area contributed by atoms with Gasteiger partial charge < -0.3 is 9.67 Å². The van der Waals surface area contributed by atoms with Crippen molar-refractivity contribution < 1.29 is 14.3 Å². The molecule has 1 heterocycles. The zero-order chi connectivity index (χ0) is 17.1. The molecule has 5 nitrogen and oxygen atoms in total. The summed E-state index contributed by atoms with van der Waals surface area (Å²) in [5.41, 5.74) is 2.07. The predicted octanol–water partition coefficient (Wildman–Crippen LogP) is 2.64. The van der Waals surface area contributed by atoms with Gasteiger partial charge in [0.05, 0.1) is 0 Å². The Hall–Kier alpha value is -2.15. The molecule has 0 radical (unpaired) electrons. The molecule has 3 rings (SSSR count). The van der Waals surface area contributed by atoms with Gasteiger partial charge in [-0.25, -0.2) is 4.39 Å². The number of rotatable bonds is 5. The summed E-state index contributed by atoms with van der Waals surface area (Å²) in [6.45, 7) is -0.207. The Balaban J connectivity index is 1.93. The van der Waals surface area contributed by atoms with Crippen LogP contribution in [0, 0.1) is 5.82 Å². The van der Waals surface area contributed by atoms with E-state index in [1.54, 1.807) is 16.7 Å². The van der Waals surface area contributed by atoms with Gasteiger partial charge in [-0.2, -0.15) is 4.98 Å². The summed E-state index contributed by atoms with van der Waals surface area (Å²) in [7, 11) is 0. The third-order valence-electron chi connectivity index (χ3n) is 4.03. The monoisotopic (exact) mass is 348 g/mol. The van der Waals surface area contributed by atoms with Crippen LogP contribution in [0.5, 0.6) is 0 Å². The van der Waals surface area contributed by atoms with Crippen LogP contribution in [0.2, 0.25) is 0 Å². The van der Waals surface area contributed by atoms with E-state index in [9.17, 15) is 19.1 Å². The maximum absolute atomic E-state index is 13.0. The Kier molecular flexibility index (Phi) is 4.99. The first-order valence-corrected chi connectivity index (χ1v) is 8.75. The molecule has 0 aliphatic heterocycles. The summed E-state index contributed by atoms with van der Waals surface area (Å²) < 4.78 is 14.6. The van der Waals surface area contributed by atoms with Crippen molar-refractivity contribution in [3.05, 3.63) is 57.3 Å². The molecule has 0 saturated carbocycles. The third-order valence-corrected chi connectivity index (χ3v) is 5.07. The van der Waals surface area contributed by atoms with Gasteiger partial charge in [-0.15, -0.1) is 0 Å². The fourth-order valence-corrected chi connectivity index (χ4v) is 3.85. The summed E-state index contributed by atoms with van der Waals surface area (Å²) in [6.07, 6.45) is 3.23. The van der Waals surface area contributed by atoms with E-state index in [4.69, 9.17) is 0 Å². The zero-order valence-electron chi connectivity index (χ0n) is 13.0. The molecule has 0 amide bonds. The highest BCUT2D eigenvalue weighted by molar-refractivity contribution is 7.98. The largest absolute Gasteiger partial charge is 0.480 e. The number of halogens is 1. The van der Waals surface area contributed by atoms with Crippen molar-refractivity contribution in [2.45, 2.75) is 43.1 Å². The zero-order valence-corrected chi connectivity index (χ0v) is 13.8. The van der Waals surface area contributed by atoms with Crippen molar-refractivity contribution in [2.75, 3.05) is 0 Å². The Bertz CT molecular complexity index is 818. The molecule has 1 aliphatic rings. The van der Waals surface area contributed by atoms with Crippen LogP contribution in [-0.2, 0) is 29.9 Å².